The number of carbonyl (C=O) groups is 2. The minimum absolute atomic E-state index is 0.0130. The molecule has 1 amide bonds. The highest BCUT2D eigenvalue weighted by atomic mass is 16.5. The summed E-state index contributed by atoms with van der Waals surface area (Å²) in [4.78, 5) is 28.2. The molecule has 2 aromatic carbocycles. The van der Waals surface area contributed by atoms with Crippen LogP contribution in [0.25, 0.3) is 11.3 Å². The third-order valence-corrected chi connectivity index (χ3v) is 4.37. The number of hydrogen-bond donors (Lipinski definition) is 1. The number of nitrogens with one attached hydrogen (secondary N) is 1. The van der Waals surface area contributed by atoms with Crippen LogP contribution in [0.1, 0.15) is 42.6 Å². The van der Waals surface area contributed by atoms with E-state index in [1.165, 1.54) is 0 Å². The van der Waals surface area contributed by atoms with Gasteiger partial charge in [-0.2, -0.15) is 0 Å². The summed E-state index contributed by atoms with van der Waals surface area (Å²) in [6.07, 6.45) is 1.58. The fourth-order valence-electron chi connectivity index (χ4n) is 2.68. The smallest absolute Gasteiger partial charge is 0.325 e. The summed E-state index contributed by atoms with van der Waals surface area (Å²) in [6.45, 7) is 5.99. The Morgan fingerprint density at radius 1 is 1.03 bits per heavy atom. The van der Waals surface area contributed by atoms with E-state index in [1.807, 2.05) is 42.5 Å². The van der Waals surface area contributed by atoms with Crippen LogP contribution in [-0.4, -0.2) is 23.4 Å². The van der Waals surface area contributed by atoms with Crippen molar-refractivity contribution in [3.05, 3.63) is 77.8 Å². The predicted molar refractivity (Wildman–Crippen MR) is 109 cm³/mol. The Bertz CT molecular complexity index is 970. The summed E-state index contributed by atoms with van der Waals surface area (Å²) < 4.78 is 10.7. The third kappa shape index (κ3) is 5.54. The molecule has 3 rings (SSSR count). The largest absolute Gasteiger partial charge is 0.454 e. The van der Waals surface area contributed by atoms with Crippen LogP contribution in [-0.2, 0) is 21.6 Å². The van der Waals surface area contributed by atoms with Crippen molar-refractivity contribution < 1.29 is 18.7 Å². The van der Waals surface area contributed by atoms with E-state index in [9.17, 15) is 9.59 Å². The Hall–Kier alpha value is -3.41. The molecule has 0 bridgehead atoms. The van der Waals surface area contributed by atoms with Crippen molar-refractivity contribution in [1.29, 1.82) is 0 Å². The minimum atomic E-state index is -0.566. The molecule has 29 heavy (non-hydrogen) atoms. The maximum absolute atomic E-state index is 12.2. The van der Waals surface area contributed by atoms with Gasteiger partial charge in [-0.15, -0.1) is 0 Å². The van der Waals surface area contributed by atoms with E-state index in [1.54, 1.807) is 18.3 Å². The standard InChI is InChI=1S/C23H24N2O4/c1-23(2,3)18-11-9-17(10-12-18)22(27)25-14-21(26)28-15-20-24-13-19(29-20)16-7-5-4-6-8-16/h4-13H,14-15H2,1-3H3,(H,25,27). The van der Waals surface area contributed by atoms with Gasteiger partial charge in [0, 0.05) is 11.1 Å². The predicted octanol–water partition coefficient (Wildman–Crippen LogP) is 4.11. The molecule has 0 fully saturated rings. The minimum Gasteiger partial charge on any atom is -0.454 e. The molecular formula is C23H24N2O4. The first-order chi connectivity index (χ1) is 13.8. The lowest BCUT2D eigenvalue weighted by molar-refractivity contribution is -0.144. The number of hydrogen-bond acceptors (Lipinski definition) is 5. The van der Waals surface area contributed by atoms with Crippen LogP contribution in [0.2, 0.25) is 0 Å². The molecule has 0 atom stereocenters. The van der Waals surface area contributed by atoms with E-state index >= 15 is 0 Å². The van der Waals surface area contributed by atoms with Crippen molar-refractivity contribution in [2.75, 3.05) is 6.54 Å². The molecule has 1 N–H and O–H groups in total. The highest BCUT2D eigenvalue weighted by Gasteiger charge is 2.15. The number of nitrogens with zero attached hydrogens (tertiary/aromatic N) is 1. The summed E-state index contributed by atoms with van der Waals surface area (Å²) in [6, 6.07) is 16.8. The molecule has 0 radical (unpaired) electrons. The number of rotatable bonds is 6. The van der Waals surface area contributed by atoms with Crippen LogP contribution in [0.15, 0.2) is 65.2 Å². The summed E-state index contributed by atoms with van der Waals surface area (Å²) in [5, 5.41) is 2.56. The average molecular weight is 392 g/mol. The number of amides is 1. The van der Waals surface area contributed by atoms with Gasteiger partial charge in [-0.1, -0.05) is 63.2 Å². The van der Waals surface area contributed by atoms with E-state index in [4.69, 9.17) is 9.15 Å². The summed E-state index contributed by atoms with van der Waals surface area (Å²) >= 11 is 0. The fourth-order valence-corrected chi connectivity index (χ4v) is 2.68. The van der Waals surface area contributed by atoms with Crippen LogP contribution >= 0.6 is 0 Å². The molecule has 3 aromatic rings. The van der Waals surface area contributed by atoms with Crippen molar-refractivity contribution in [3.8, 4) is 11.3 Å². The van der Waals surface area contributed by atoms with Crippen LogP contribution in [0.3, 0.4) is 0 Å². The molecule has 0 aliphatic heterocycles. The quantitative estimate of drug-likeness (QED) is 0.639. The highest BCUT2D eigenvalue weighted by molar-refractivity contribution is 5.95. The lowest BCUT2D eigenvalue weighted by Crippen LogP contribution is -2.30. The highest BCUT2D eigenvalue weighted by Crippen LogP contribution is 2.22. The monoisotopic (exact) mass is 392 g/mol. The first-order valence-electron chi connectivity index (χ1n) is 9.37. The zero-order valence-corrected chi connectivity index (χ0v) is 16.8. The van der Waals surface area contributed by atoms with Crippen molar-refractivity contribution >= 4 is 11.9 Å². The van der Waals surface area contributed by atoms with E-state index in [0.29, 0.717) is 17.2 Å². The second-order valence-electron chi connectivity index (χ2n) is 7.65. The Morgan fingerprint density at radius 2 is 1.72 bits per heavy atom. The van der Waals surface area contributed by atoms with E-state index in [-0.39, 0.29) is 24.5 Å². The first-order valence-corrected chi connectivity index (χ1v) is 9.37. The van der Waals surface area contributed by atoms with Crippen LogP contribution in [0.4, 0.5) is 0 Å². The van der Waals surface area contributed by atoms with Gasteiger partial charge >= 0.3 is 5.97 Å². The van der Waals surface area contributed by atoms with Gasteiger partial charge < -0.3 is 14.5 Å². The van der Waals surface area contributed by atoms with Gasteiger partial charge in [0.15, 0.2) is 12.4 Å². The molecule has 0 unspecified atom stereocenters. The number of oxazole rings is 1. The van der Waals surface area contributed by atoms with Gasteiger partial charge in [0.2, 0.25) is 5.89 Å². The zero-order valence-electron chi connectivity index (χ0n) is 16.8. The molecule has 0 saturated carbocycles. The Kier molecular flexibility index (Phi) is 6.12. The lowest BCUT2D eigenvalue weighted by atomic mass is 9.87. The fraction of sp³-hybridized carbons (Fsp3) is 0.261. The van der Waals surface area contributed by atoms with E-state index in [0.717, 1.165) is 11.1 Å². The molecule has 0 spiro atoms. The molecule has 150 valence electrons. The molecule has 1 heterocycles. The molecule has 6 nitrogen and oxygen atoms in total. The van der Waals surface area contributed by atoms with Crippen molar-refractivity contribution in [3.63, 3.8) is 0 Å². The SMILES string of the molecule is CC(C)(C)c1ccc(C(=O)NCC(=O)OCc2ncc(-c3ccccc3)o2)cc1. The van der Waals surface area contributed by atoms with Gasteiger partial charge in [-0.05, 0) is 23.1 Å². The van der Waals surface area contributed by atoms with Gasteiger partial charge in [0.25, 0.3) is 5.91 Å². The maximum atomic E-state index is 12.2. The van der Waals surface area contributed by atoms with Crippen LogP contribution in [0, 0.1) is 0 Å². The second kappa shape index (κ2) is 8.73. The van der Waals surface area contributed by atoms with Gasteiger partial charge in [0.05, 0.1) is 6.20 Å². The van der Waals surface area contributed by atoms with Gasteiger partial charge in [-0.25, -0.2) is 4.98 Å². The van der Waals surface area contributed by atoms with Gasteiger partial charge in [-0.3, -0.25) is 9.59 Å². The summed E-state index contributed by atoms with van der Waals surface area (Å²) in [7, 11) is 0. The molecule has 0 aliphatic carbocycles. The third-order valence-electron chi connectivity index (χ3n) is 4.37. The Balaban J connectivity index is 1.46. The average Bonchev–Trinajstić information content (AvgIpc) is 3.20. The molecular weight excluding hydrogens is 368 g/mol. The number of esters is 1. The lowest BCUT2D eigenvalue weighted by Gasteiger charge is -2.19. The normalized spacial score (nSPS) is 11.1. The number of carbonyl (C=O) groups excluding carboxylic acids is 2. The molecule has 0 saturated heterocycles. The first kappa shape index (κ1) is 20.3. The van der Waals surface area contributed by atoms with Crippen LogP contribution < -0.4 is 5.32 Å². The summed E-state index contributed by atoms with van der Waals surface area (Å²) in [5.41, 5.74) is 2.53. The number of benzene rings is 2. The molecule has 6 heteroatoms. The topological polar surface area (TPSA) is 81.4 Å². The number of aromatic nitrogens is 1. The Labute approximate surface area is 169 Å². The molecule has 1 aromatic heterocycles. The number of ether oxygens (including phenoxy) is 1. The van der Waals surface area contributed by atoms with Crippen LogP contribution in [0.5, 0.6) is 0 Å². The van der Waals surface area contributed by atoms with Crippen molar-refractivity contribution in [1.82, 2.24) is 10.3 Å². The van der Waals surface area contributed by atoms with Gasteiger partial charge in [0.1, 0.15) is 6.54 Å². The molecule has 0 aliphatic rings. The zero-order chi connectivity index (χ0) is 20.9. The van der Waals surface area contributed by atoms with E-state index < -0.39 is 5.97 Å². The van der Waals surface area contributed by atoms with Crippen molar-refractivity contribution in [2.45, 2.75) is 32.8 Å². The van der Waals surface area contributed by atoms with Crippen molar-refractivity contribution in [2.24, 2.45) is 0 Å². The summed E-state index contributed by atoms with van der Waals surface area (Å²) in [5.74, 6) is -0.000950. The second-order valence-corrected chi connectivity index (χ2v) is 7.65. The Morgan fingerprint density at radius 3 is 2.38 bits per heavy atom. The van der Waals surface area contributed by atoms with E-state index in [2.05, 4.69) is 31.1 Å². The maximum Gasteiger partial charge on any atom is 0.325 e.